The van der Waals surface area contributed by atoms with E-state index in [1.165, 1.54) is 18.9 Å². The molecule has 0 unspecified atom stereocenters. The molecule has 1 aliphatic carbocycles. The molecule has 0 atom stereocenters. The van der Waals surface area contributed by atoms with Crippen molar-refractivity contribution in [3.05, 3.63) is 35.6 Å². The van der Waals surface area contributed by atoms with E-state index >= 15 is 0 Å². The summed E-state index contributed by atoms with van der Waals surface area (Å²) in [7, 11) is 0. The van der Waals surface area contributed by atoms with Crippen LogP contribution in [-0.2, 0) is 6.54 Å². The van der Waals surface area contributed by atoms with E-state index in [9.17, 15) is 4.39 Å². The summed E-state index contributed by atoms with van der Waals surface area (Å²) in [6.07, 6.45) is 3.59. The summed E-state index contributed by atoms with van der Waals surface area (Å²) >= 11 is 1.82. The molecule has 0 aromatic heterocycles. The van der Waals surface area contributed by atoms with Gasteiger partial charge in [-0.3, -0.25) is 4.99 Å². The highest BCUT2D eigenvalue weighted by atomic mass is 32.2. The minimum atomic E-state index is -0.107. The van der Waals surface area contributed by atoms with Gasteiger partial charge in [-0.15, -0.1) is 0 Å². The van der Waals surface area contributed by atoms with E-state index in [1.807, 2.05) is 23.9 Å². The highest BCUT2D eigenvalue weighted by molar-refractivity contribution is 8.13. The van der Waals surface area contributed by atoms with Gasteiger partial charge in [0.05, 0.1) is 0 Å². The number of hydrogen-bond acceptors (Lipinski definition) is 3. The molecular weight excluding hydrogens is 247 g/mol. The van der Waals surface area contributed by atoms with Crippen molar-refractivity contribution >= 4 is 16.9 Å². The van der Waals surface area contributed by atoms with Gasteiger partial charge in [0.1, 0.15) is 5.82 Å². The van der Waals surface area contributed by atoms with Crippen LogP contribution in [-0.4, -0.2) is 28.4 Å². The molecule has 1 aromatic carbocycles. The second-order valence-electron chi connectivity index (χ2n) is 4.82. The van der Waals surface area contributed by atoms with Gasteiger partial charge in [0.25, 0.3) is 0 Å². The smallest absolute Gasteiger partial charge is 0.159 e. The summed E-state index contributed by atoms with van der Waals surface area (Å²) in [6.45, 7) is 1.58. The van der Waals surface area contributed by atoms with Crippen LogP contribution in [0.1, 0.15) is 24.8 Å². The second-order valence-corrected chi connectivity index (χ2v) is 5.88. The normalized spacial score (nSPS) is 19.5. The van der Waals surface area contributed by atoms with Gasteiger partial charge in [0, 0.05) is 30.4 Å². The van der Waals surface area contributed by atoms with Crippen molar-refractivity contribution in [1.82, 2.24) is 4.90 Å². The Morgan fingerprint density at radius 3 is 2.83 bits per heavy atom. The predicted molar refractivity (Wildman–Crippen MR) is 74.3 cm³/mol. The first kappa shape index (κ1) is 12.0. The summed E-state index contributed by atoms with van der Waals surface area (Å²) in [5, 5.41) is 1.12. The molecule has 18 heavy (non-hydrogen) atoms. The third-order valence-corrected chi connectivity index (χ3v) is 4.43. The van der Waals surface area contributed by atoms with E-state index in [0.29, 0.717) is 12.6 Å². The van der Waals surface area contributed by atoms with Crippen molar-refractivity contribution in [1.29, 1.82) is 0 Å². The lowest BCUT2D eigenvalue weighted by molar-refractivity contribution is 0.399. The number of benzene rings is 1. The van der Waals surface area contributed by atoms with Gasteiger partial charge >= 0.3 is 0 Å². The zero-order valence-corrected chi connectivity index (χ0v) is 11.1. The Balaban J connectivity index is 1.78. The molecule has 2 nitrogen and oxygen atoms in total. The maximum absolute atomic E-state index is 13.7. The van der Waals surface area contributed by atoms with Crippen LogP contribution in [0, 0.1) is 5.82 Å². The molecular formula is C14H17FN2S. The average molecular weight is 264 g/mol. The second kappa shape index (κ2) is 5.31. The molecule has 4 heteroatoms. The van der Waals surface area contributed by atoms with Crippen LogP contribution in [0.5, 0.6) is 0 Å². The molecule has 2 aliphatic rings. The number of amidine groups is 1. The maximum Gasteiger partial charge on any atom is 0.159 e. The Morgan fingerprint density at radius 1 is 1.33 bits per heavy atom. The minimum absolute atomic E-state index is 0.107. The molecule has 0 amide bonds. The zero-order valence-electron chi connectivity index (χ0n) is 10.3. The molecule has 1 aromatic rings. The minimum Gasteiger partial charge on any atom is -0.344 e. The first-order valence-corrected chi connectivity index (χ1v) is 7.50. The Kier molecular flexibility index (Phi) is 3.55. The summed E-state index contributed by atoms with van der Waals surface area (Å²) in [5.41, 5.74) is 0.776. The van der Waals surface area contributed by atoms with Gasteiger partial charge in [-0.1, -0.05) is 30.0 Å². The molecule has 0 N–H and O–H groups in total. The van der Waals surface area contributed by atoms with Crippen LogP contribution < -0.4 is 0 Å². The summed E-state index contributed by atoms with van der Waals surface area (Å²) < 4.78 is 13.7. The van der Waals surface area contributed by atoms with Gasteiger partial charge in [-0.2, -0.15) is 0 Å². The molecule has 96 valence electrons. The van der Waals surface area contributed by atoms with Crippen LogP contribution in [0.15, 0.2) is 29.3 Å². The first-order chi connectivity index (χ1) is 8.84. The van der Waals surface area contributed by atoms with E-state index < -0.39 is 0 Å². The molecule has 3 rings (SSSR count). The quantitative estimate of drug-likeness (QED) is 0.832. The number of halogens is 1. The topological polar surface area (TPSA) is 15.6 Å². The van der Waals surface area contributed by atoms with Gasteiger partial charge in [0.15, 0.2) is 5.17 Å². The fourth-order valence-corrected chi connectivity index (χ4v) is 3.19. The van der Waals surface area contributed by atoms with E-state index in [1.54, 1.807) is 6.07 Å². The lowest BCUT2D eigenvalue weighted by Gasteiger charge is -2.27. The van der Waals surface area contributed by atoms with Crippen LogP contribution in [0.2, 0.25) is 0 Å². The maximum atomic E-state index is 13.7. The Labute approximate surface area is 111 Å². The molecule has 1 heterocycles. The van der Waals surface area contributed by atoms with E-state index in [4.69, 9.17) is 0 Å². The number of nitrogens with zero attached hydrogens (tertiary/aromatic N) is 2. The SMILES string of the molecule is Fc1ccccc1CN(C1=NCCCS1)C1CC1. The Bertz CT molecular complexity index is 457. The fraction of sp³-hybridized carbons (Fsp3) is 0.500. The third kappa shape index (κ3) is 2.69. The van der Waals surface area contributed by atoms with Crippen LogP contribution >= 0.6 is 11.8 Å². The Hall–Kier alpha value is -1.03. The van der Waals surface area contributed by atoms with Crippen molar-refractivity contribution in [2.75, 3.05) is 12.3 Å². The van der Waals surface area contributed by atoms with Crippen molar-refractivity contribution in [2.24, 2.45) is 4.99 Å². The predicted octanol–water partition coefficient (Wildman–Crippen LogP) is 3.28. The van der Waals surface area contributed by atoms with Crippen molar-refractivity contribution in [3.8, 4) is 0 Å². The van der Waals surface area contributed by atoms with E-state index in [0.717, 1.165) is 29.4 Å². The van der Waals surface area contributed by atoms with Gasteiger partial charge in [-0.25, -0.2) is 4.39 Å². The monoisotopic (exact) mass is 264 g/mol. The first-order valence-electron chi connectivity index (χ1n) is 6.52. The van der Waals surface area contributed by atoms with Crippen molar-refractivity contribution < 1.29 is 4.39 Å². The van der Waals surface area contributed by atoms with Gasteiger partial charge in [0.2, 0.25) is 0 Å². The number of aliphatic imine (C=N–C) groups is 1. The van der Waals surface area contributed by atoms with E-state index in [2.05, 4.69) is 9.89 Å². The molecule has 0 saturated heterocycles. The lowest BCUT2D eigenvalue weighted by atomic mass is 10.2. The lowest BCUT2D eigenvalue weighted by Crippen LogP contribution is -2.32. The molecule has 1 aliphatic heterocycles. The molecule has 1 saturated carbocycles. The summed E-state index contributed by atoms with van der Waals surface area (Å²) in [4.78, 5) is 6.89. The summed E-state index contributed by atoms with van der Waals surface area (Å²) in [6, 6.07) is 7.63. The van der Waals surface area contributed by atoms with Crippen LogP contribution in [0.4, 0.5) is 4.39 Å². The molecule has 0 radical (unpaired) electrons. The number of thioether (sulfide) groups is 1. The average Bonchev–Trinajstić information content (AvgIpc) is 3.23. The van der Waals surface area contributed by atoms with Crippen LogP contribution in [0.3, 0.4) is 0 Å². The Morgan fingerprint density at radius 2 is 2.17 bits per heavy atom. The molecule has 0 spiro atoms. The van der Waals surface area contributed by atoms with Crippen molar-refractivity contribution in [3.63, 3.8) is 0 Å². The van der Waals surface area contributed by atoms with Gasteiger partial charge < -0.3 is 4.90 Å². The zero-order chi connectivity index (χ0) is 12.4. The third-order valence-electron chi connectivity index (χ3n) is 3.31. The van der Waals surface area contributed by atoms with E-state index in [-0.39, 0.29) is 5.82 Å². The largest absolute Gasteiger partial charge is 0.344 e. The highest BCUT2D eigenvalue weighted by Crippen LogP contribution is 2.32. The standard InChI is InChI=1S/C14H17FN2S/c15-13-5-2-1-4-11(13)10-17(12-6-7-12)14-16-8-3-9-18-14/h1-2,4-5,12H,3,6-10H2. The number of rotatable bonds is 3. The fourth-order valence-electron chi connectivity index (χ4n) is 2.17. The van der Waals surface area contributed by atoms with Crippen molar-refractivity contribution in [2.45, 2.75) is 31.8 Å². The highest BCUT2D eigenvalue weighted by Gasteiger charge is 2.32. The van der Waals surface area contributed by atoms with Crippen LogP contribution in [0.25, 0.3) is 0 Å². The number of hydrogen-bond donors (Lipinski definition) is 0. The summed E-state index contributed by atoms with van der Waals surface area (Å²) in [5.74, 6) is 1.03. The molecule has 1 fully saturated rings. The van der Waals surface area contributed by atoms with Gasteiger partial charge in [-0.05, 0) is 25.3 Å². The molecule has 0 bridgehead atoms.